The molecule has 0 spiro atoms. The lowest BCUT2D eigenvalue weighted by Crippen LogP contribution is -2.34. The number of anilines is 2. The molecule has 1 aliphatic carbocycles. The first-order valence-electron chi connectivity index (χ1n) is 8.10. The smallest absolute Gasteiger partial charge is 0.247 e. The van der Waals surface area contributed by atoms with Crippen molar-refractivity contribution in [1.29, 1.82) is 0 Å². The predicted molar refractivity (Wildman–Crippen MR) is 98.9 cm³/mol. The molecule has 132 valence electrons. The molecule has 7 heteroatoms. The number of benzene rings is 2. The molecule has 1 amide bonds. The average molecular weight is 359 g/mol. The van der Waals surface area contributed by atoms with E-state index in [1.165, 1.54) is 0 Å². The van der Waals surface area contributed by atoms with Crippen molar-refractivity contribution in [2.75, 3.05) is 16.3 Å². The molecule has 25 heavy (non-hydrogen) atoms. The third kappa shape index (κ3) is 5.22. The molecule has 0 aromatic heterocycles. The van der Waals surface area contributed by atoms with Gasteiger partial charge in [0.1, 0.15) is 6.04 Å². The first-order chi connectivity index (χ1) is 11.9. The molecule has 0 heterocycles. The van der Waals surface area contributed by atoms with Crippen molar-refractivity contribution in [2.45, 2.75) is 24.9 Å². The maximum atomic E-state index is 12.6. The predicted octanol–water partition coefficient (Wildman–Crippen LogP) is 2.49. The van der Waals surface area contributed by atoms with Crippen LogP contribution in [0.1, 0.15) is 24.4 Å². The second-order valence-electron chi connectivity index (χ2n) is 6.22. The molecule has 0 saturated heterocycles. The minimum Gasteiger partial charge on any atom is -0.370 e. The van der Waals surface area contributed by atoms with Gasteiger partial charge >= 0.3 is 0 Å². The van der Waals surface area contributed by atoms with E-state index in [4.69, 9.17) is 0 Å². The van der Waals surface area contributed by atoms with E-state index in [2.05, 4.69) is 15.4 Å². The zero-order valence-corrected chi connectivity index (χ0v) is 14.7. The molecule has 2 aromatic rings. The molecule has 6 nitrogen and oxygen atoms in total. The Morgan fingerprint density at radius 1 is 1.00 bits per heavy atom. The fraction of sp³-hybridized carbons (Fsp3) is 0.278. The van der Waals surface area contributed by atoms with Gasteiger partial charge in [-0.3, -0.25) is 9.52 Å². The van der Waals surface area contributed by atoms with Gasteiger partial charge in [-0.05, 0) is 42.7 Å². The van der Waals surface area contributed by atoms with Gasteiger partial charge in [0.25, 0.3) is 0 Å². The number of amides is 1. The van der Waals surface area contributed by atoms with Crippen LogP contribution >= 0.6 is 0 Å². The van der Waals surface area contributed by atoms with Crippen LogP contribution in [0.2, 0.25) is 0 Å². The summed E-state index contributed by atoms with van der Waals surface area (Å²) in [7, 11) is -3.31. The number of sulfonamides is 1. The maximum Gasteiger partial charge on any atom is 0.247 e. The molecule has 1 aliphatic rings. The minimum absolute atomic E-state index is 0.0629. The number of hydrogen-bond donors (Lipinski definition) is 3. The fourth-order valence-electron chi connectivity index (χ4n) is 2.47. The summed E-state index contributed by atoms with van der Waals surface area (Å²) in [4.78, 5) is 12.6. The van der Waals surface area contributed by atoms with Gasteiger partial charge in [0.05, 0.1) is 6.26 Å². The Labute approximate surface area is 147 Å². The first kappa shape index (κ1) is 17.3. The summed E-state index contributed by atoms with van der Waals surface area (Å²) in [5, 5.41) is 6.25. The summed E-state index contributed by atoms with van der Waals surface area (Å²) >= 11 is 0. The molecule has 3 rings (SSSR count). The molecule has 3 N–H and O–H groups in total. The van der Waals surface area contributed by atoms with Gasteiger partial charge < -0.3 is 10.6 Å². The molecule has 1 fully saturated rings. The molecular formula is C18H21N3O3S. The van der Waals surface area contributed by atoms with Crippen LogP contribution in [-0.2, 0) is 14.8 Å². The van der Waals surface area contributed by atoms with Crippen LogP contribution in [0.5, 0.6) is 0 Å². The lowest BCUT2D eigenvalue weighted by atomic mass is 10.1. The number of rotatable bonds is 7. The van der Waals surface area contributed by atoms with E-state index in [9.17, 15) is 13.2 Å². The Bertz CT molecular complexity index is 832. The number of hydrogen-bond acceptors (Lipinski definition) is 4. The Balaban J connectivity index is 1.76. The number of nitrogens with one attached hydrogen (secondary N) is 3. The third-order valence-electron chi connectivity index (χ3n) is 3.82. The summed E-state index contributed by atoms with van der Waals surface area (Å²) in [6.45, 7) is 0. The van der Waals surface area contributed by atoms with Crippen molar-refractivity contribution in [1.82, 2.24) is 5.32 Å². The van der Waals surface area contributed by atoms with Crippen LogP contribution in [0, 0.1) is 0 Å². The van der Waals surface area contributed by atoms with Crippen molar-refractivity contribution in [3.05, 3.63) is 60.2 Å². The van der Waals surface area contributed by atoms with E-state index in [0.29, 0.717) is 5.69 Å². The second-order valence-corrected chi connectivity index (χ2v) is 7.97. The SMILES string of the molecule is CS(=O)(=O)Nc1ccc(NC(C(=O)NC2CC2)c2ccccc2)cc1. The van der Waals surface area contributed by atoms with E-state index in [1.807, 2.05) is 30.3 Å². The van der Waals surface area contributed by atoms with Crippen molar-refractivity contribution >= 4 is 27.3 Å². The van der Waals surface area contributed by atoms with Crippen molar-refractivity contribution in [3.8, 4) is 0 Å². The van der Waals surface area contributed by atoms with Crippen molar-refractivity contribution in [3.63, 3.8) is 0 Å². The monoisotopic (exact) mass is 359 g/mol. The van der Waals surface area contributed by atoms with E-state index < -0.39 is 16.1 Å². The van der Waals surface area contributed by atoms with Gasteiger partial charge in [-0.2, -0.15) is 0 Å². The zero-order valence-electron chi connectivity index (χ0n) is 13.9. The van der Waals surface area contributed by atoms with Gasteiger partial charge in [-0.1, -0.05) is 30.3 Å². The lowest BCUT2D eigenvalue weighted by molar-refractivity contribution is -0.122. The molecule has 1 unspecified atom stereocenters. The molecular weight excluding hydrogens is 338 g/mol. The lowest BCUT2D eigenvalue weighted by Gasteiger charge is -2.20. The van der Waals surface area contributed by atoms with Crippen molar-refractivity contribution in [2.24, 2.45) is 0 Å². The van der Waals surface area contributed by atoms with Crippen LogP contribution in [0.3, 0.4) is 0 Å². The number of carbonyl (C=O) groups is 1. The van der Waals surface area contributed by atoms with Crippen LogP contribution < -0.4 is 15.4 Å². The van der Waals surface area contributed by atoms with E-state index in [1.54, 1.807) is 24.3 Å². The molecule has 1 saturated carbocycles. The topological polar surface area (TPSA) is 87.3 Å². The van der Waals surface area contributed by atoms with Gasteiger partial charge in [-0.15, -0.1) is 0 Å². The average Bonchev–Trinajstić information content (AvgIpc) is 3.37. The van der Waals surface area contributed by atoms with Gasteiger partial charge in [0.15, 0.2) is 0 Å². The normalized spacial score (nSPS) is 15.2. The highest BCUT2D eigenvalue weighted by Crippen LogP contribution is 2.24. The molecule has 0 aliphatic heterocycles. The quantitative estimate of drug-likeness (QED) is 0.709. The highest BCUT2D eigenvalue weighted by molar-refractivity contribution is 7.92. The summed E-state index contributed by atoms with van der Waals surface area (Å²) < 4.78 is 24.9. The molecule has 0 radical (unpaired) electrons. The third-order valence-corrected chi connectivity index (χ3v) is 4.42. The molecule has 1 atom stereocenters. The van der Waals surface area contributed by atoms with E-state index in [0.717, 1.165) is 30.3 Å². The standard InChI is InChI=1S/C18H21N3O3S/c1-25(23,24)21-16-11-9-14(10-12-16)19-17(13-5-3-2-4-6-13)18(22)20-15-7-8-15/h2-6,9-12,15,17,19,21H,7-8H2,1H3,(H,20,22). The Kier molecular flexibility index (Phi) is 4.94. The maximum absolute atomic E-state index is 12.6. The summed E-state index contributed by atoms with van der Waals surface area (Å²) in [6.07, 6.45) is 3.16. The van der Waals surface area contributed by atoms with E-state index in [-0.39, 0.29) is 11.9 Å². The van der Waals surface area contributed by atoms with E-state index >= 15 is 0 Å². The van der Waals surface area contributed by atoms with Gasteiger partial charge in [-0.25, -0.2) is 8.42 Å². The highest BCUT2D eigenvalue weighted by Gasteiger charge is 2.28. The van der Waals surface area contributed by atoms with Gasteiger partial charge in [0.2, 0.25) is 15.9 Å². The van der Waals surface area contributed by atoms with Gasteiger partial charge in [0, 0.05) is 17.4 Å². The molecule has 0 bridgehead atoms. The Morgan fingerprint density at radius 3 is 2.16 bits per heavy atom. The second kappa shape index (κ2) is 7.14. The molecule has 2 aromatic carbocycles. The number of carbonyl (C=O) groups excluding carboxylic acids is 1. The first-order valence-corrected chi connectivity index (χ1v) is 9.99. The summed E-state index contributed by atoms with van der Waals surface area (Å²) in [6, 6.07) is 16.1. The fourth-order valence-corrected chi connectivity index (χ4v) is 3.04. The van der Waals surface area contributed by atoms with Crippen LogP contribution in [0.4, 0.5) is 11.4 Å². The summed E-state index contributed by atoms with van der Waals surface area (Å²) in [5.74, 6) is -0.0629. The van der Waals surface area contributed by atoms with Crippen LogP contribution in [0.25, 0.3) is 0 Å². The highest BCUT2D eigenvalue weighted by atomic mass is 32.2. The Morgan fingerprint density at radius 2 is 1.60 bits per heavy atom. The zero-order chi connectivity index (χ0) is 17.9. The van der Waals surface area contributed by atoms with Crippen LogP contribution in [0.15, 0.2) is 54.6 Å². The Hall–Kier alpha value is -2.54. The van der Waals surface area contributed by atoms with Crippen LogP contribution in [-0.4, -0.2) is 26.6 Å². The largest absolute Gasteiger partial charge is 0.370 e. The summed E-state index contributed by atoms with van der Waals surface area (Å²) in [5.41, 5.74) is 2.09. The van der Waals surface area contributed by atoms with Crippen molar-refractivity contribution < 1.29 is 13.2 Å². The minimum atomic E-state index is -3.31.